The third-order valence-corrected chi connectivity index (χ3v) is 4.31. The van der Waals surface area contributed by atoms with Gasteiger partial charge >= 0.3 is 0 Å². The number of rotatable bonds is 6. The Morgan fingerprint density at radius 2 is 1.76 bits per heavy atom. The minimum absolute atomic E-state index is 0.0841. The summed E-state index contributed by atoms with van der Waals surface area (Å²) < 4.78 is 0.930. The molecule has 6 nitrogen and oxygen atoms in total. The van der Waals surface area contributed by atoms with Crippen LogP contribution < -0.4 is 10.6 Å². The van der Waals surface area contributed by atoms with Crippen LogP contribution in [0.2, 0.25) is 0 Å². The van der Waals surface area contributed by atoms with Crippen molar-refractivity contribution >= 4 is 39.2 Å². The highest BCUT2D eigenvalue weighted by Gasteiger charge is 2.19. The Labute approximate surface area is 154 Å². The molecule has 1 heterocycles. The molecular weight excluding hydrogens is 386 g/mol. The van der Waals surface area contributed by atoms with Crippen LogP contribution in [0, 0.1) is 13.8 Å². The van der Waals surface area contributed by atoms with Crippen molar-refractivity contribution < 1.29 is 14.4 Å². The van der Waals surface area contributed by atoms with E-state index in [9.17, 15) is 14.4 Å². The monoisotopic (exact) mass is 405 g/mol. The molecule has 0 radical (unpaired) electrons. The molecule has 0 spiro atoms. The fraction of sp³-hybridized carbons (Fsp3) is 0.278. The van der Waals surface area contributed by atoms with Gasteiger partial charge in [0.1, 0.15) is 5.69 Å². The van der Waals surface area contributed by atoms with Crippen molar-refractivity contribution in [1.82, 2.24) is 10.3 Å². The molecule has 25 heavy (non-hydrogen) atoms. The van der Waals surface area contributed by atoms with Gasteiger partial charge in [-0.2, -0.15) is 0 Å². The number of aromatic amines is 1. The Kier molecular flexibility index (Phi) is 6.14. The van der Waals surface area contributed by atoms with Gasteiger partial charge in [0.2, 0.25) is 5.91 Å². The van der Waals surface area contributed by atoms with E-state index in [4.69, 9.17) is 0 Å². The van der Waals surface area contributed by atoms with Crippen LogP contribution in [0.4, 0.5) is 5.69 Å². The Bertz CT molecular complexity index is 810. The molecule has 0 aliphatic heterocycles. The molecule has 1 aromatic carbocycles. The van der Waals surface area contributed by atoms with Crippen molar-refractivity contribution in [3.8, 4) is 0 Å². The molecule has 2 rings (SSSR count). The van der Waals surface area contributed by atoms with Gasteiger partial charge in [-0.25, -0.2) is 0 Å². The Hall–Kier alpha value is -2.41. The quantitative estimate of drug-likeness (QED) is 0.643. The zero-order valence-electron chi connectivity index (χ0n) is 14.3. The summed E-state index contributed by atoms with van der Waals surface area (Å²) in [5.74, 6) is -0.602. The number of H-pyrrole nitrogens is 1. The lowest BCUT2D eigenvalue weighted by Gasteiger charge is -2.07. The predicted octanol–water partition coefficient (Wildman–Crippen LogP) is 3.36. The number of ketones is 1. The van der Waals surface area contributed by atoms with Gasteiger partial charge in [-0.05, 0) is 50.6 Å². The van der Waals surface area contributed by atoms with Crippen molar-refractivity contribution in [2.75, 3.05) is 11.9 Å². The number of benzene rings is 1. The van der Waals surface area contributed by atoms with Crippen LogP contribution in [0.3, 0.4) is 0 Å². The van der Waals surface area contributed by atoms with Gasteiger partial charge in [-0.1, -0.05) is 15.9 Å². The summed E-state index contributed by atoms with van der Waals surface area (Å²) >= 11 is 3.33. The summed E-state index contributed by atoms with van der Waals surface area (Å²) in [7, 11) is 0. The number of hydrogen-bond donors (Lipinski definition) is 3. The molecule has 0 unspecified atom stereocenters. The summed E-state index contributed by atoms with van der Waals surface area (Å²) in [5, 5.41) is 5.45. The van der Waals surface area contributed by atoms with Crippen LogP contribution in [0.1, 0.15) is 45.4 Å². The number of carbonyl (C=O) groups is 3. The number of hydrogen-bond acceptors (Lipinski definition) is 3. The van der Waals surface area contributed by atoms with Crippen LogP contribution in [-0.4, -0.2) is 29.1 Å². The third kappa shape index (κ3) is 4.79. The summed E-state index contributed by atoms with van der Waals surface area (Å²) in [4.78, 5) is 38.7. The van der Waals surface area contributed by atoms with Crippen LogP contribution in [0.15, 0.2) is 28.7 Å². The molecular formula is C18H20BrN3O3. The minimum Gasteiger partial charge on any atom is -0.354 e. The number of amides is 2. The van der Waals surface area contributed by atoms with Crippen molar-refractivity contribution in [3.05, 3.63) is 51.3 Å². The van der Waals surface area contributed by atoms with E-state index in [-0.39, 0.29) is 30.6 Å². The molecule has 3 N–H and O–H groups in total. The third-order valence-electron chi connectivity index (χ3n) is 3.78. The molecule has 0 fully saturated rings. The molecule has 0 aliphatic carbocycles. The van der Waals surface area contributed by atoms with Crippen LogP contribution in [0.5, 0.6) is 0 Å². The van der Waals surface area contributed by atoms with E-state index in [1.807, 2.05) is 12.1 Å². The number of nitrogens with one attached hydrogen (secondary N) is 3. The van der Waals surface area contributed by atoms with Gasteiger partial charge in [-0.3, -0.25) is 14.4 Å². The standard InChI is InChI=1S/C18H20BrN3O3/c1-10-16(12(3)23)11(2)21-17(10)18(25)20-9-8-15(24)22-14-6-4-13(19)5-7-14/h4-7,21H,8-9H2,1-3H3,(H,20,25)(H,22,24). The second-order valence-electron chi connectivity index (χ2n) is 5.74. The lowest BCUT2D eigenvalue weighted by molar-refractivity contribution is -0.116. The highest BCUT2D eigenvalue weighted by molar-refractivity contribution is 9.10. The maximum Gasteiger partial charge on any atom is 0.268 e. The highest BCUT2D eigenvalue weighted by Crippen LogP contribution is 2.18. The number of halogens is 1. The summed E-state index contributed by atoms with van der Waals surface area (Å²) in [6, 6.07) is 7.24. The van der Waals surface area contributed by atoms with E-state index < -0.39 is 0 Å². The molecule has 2 aromatic rings. The zero-order chi connectivity index (χ0) is 18.6. The van der Waals surface area contributed by atoms with Gasteiger partial charge in [0.15, 0.2) is 5.78 Å². The Morgan fingerprint density at radius 1 is 1.12 bits per heavy atom. The lowest BCUT2D eigenvalue weighted by Crippen LogP contribution is -2.28. The summed E-state index contributed by atoms with van der Waals surface area (Å²) in [6.07, 6.45) is 0.153. The normalized spacial score (nSPS) is 10.4. The van der Waals surface area contributed by atoms with Crippen molar-refractivity contribution in [3.63, 3.8) is 0 Å². The second-order valence-corrected chi connectivity index (χ2v) is 6.66. The van der Waals surface area contributed by atoms with Crippen molar-refractivity contribution in [2.45, 2.75) is 27.2 Å². The lowest BCUT2D eigenvalue weighted by atomic mass is 10.1. The van der Waals surface area contributed by atoms with Gasteiger partial charge in [0.25, 0.3) is 5.91 Å². The fourth-order valence-electron chi connectivity index (χ4n) is 2.64. The van der Waals surface area contributed by atoms with E-state index in [0.717, 1.165) is 4.47 Å². The summed E-state index contributed by atoms with van der Waals surface area (Å²) in [5.41, 5.74) is 2.89. The molecule has 0 atom stereocenters. The molecule has 1 aromatic heterocycles. The number of Topliss-reactive ketones (excluding diaryl/α,β-unsaturated/α-hetero) is 1. The maximum atomic E-state index is 12.2. The molecule has 0 bridgehead atoms. The zero-order valence-corrected chi connectivity index (χ0v) is 15.9. The first-order chi connectivity index (χ1) is 11.8. The van der Waals surface area contributed by atoms with E-state index in [1.165, 1.54) is 6.92 Å². The second kappa shape index (κ2) is 8.11. The first-order valence-electron chi connectivity index (χ1n) is 7.83. The van der Waals surface area contributed by atoms with Crippen LogP contribution >= 0.6 is 15.9 Å². The van der Waals surface area contributed by atoms with E-state index in [0.29, 0.717) is 28.2 Å². The number of aromatic nitrogens is 1. The Balaban J connectivity index is 1.88. The maximum absolute atomic E-state index is 12.2. The van der Waals surface area contributed by atoms with Gasteiger partial charge in [0, 0.05) is 34.4 Å². The highest BCUT2D eigenvalue weighted by atomic mass is 79.9. The van der Waals surface area contributed by atoms with Crippen LogP contribution in [0.25, 0.3) is 0 Å². The minimum atomic E-state index is -0.329. The molecule has 0 saturated carbocycles. The molecule has 7 heteroatoms. The van der Waals surface area contributed by atoms with Crippen molar-refractivity contribution in [1.29, 1.82) is 0 Å². The smallest absolute Gasteiger partial charge is 0.268 e. The number of anilines is 1. The fourth-order valence-corrected chi connectivity index (χ4v) is 2.90. The first kappa shape index (κ1) is 18.9. The van der Waals surface area contributed by atoms with Crippen LogP contribution in [-0.2, 0) is 4.79 Å². The average molecular weight is 406 g/mol. The average Bonchev–Trinajstić information content (AvgIpc) is 2.84. The topological polar surface area (TPSA) is 91.1 Å². The number of aryl methyl sites for hydroxylation is 1. The van der Waals surface area contributed by atoms with Crippen molar-refractivity contribution in [2.24, 2.45) is 0 Å². The van der Waals surface area contributed by atoms with Gasteiger partial charge in [0.05, 0.1) is 0 Å². The van der Waals surface area contributed by atoms with Gasteiger partial charge in [-0.15, -0.1) is 0 Å². The van der Waals surface area contributed by atoms with E-state index in [2.05, 4.69) is 31.5 Å². The molecule has 0 aliphatic rings. The summed E-state index contributed by atoms with van der Waals surface area (Å²) in [6.45, 7) is 5.16. The molecule has 2 amide bonds. The molecule has 0 saturated heterocycles. The Morgan fingerprint density at radius 3 is 2.32 bits per heavy atom. The predicted molar refractivity (Wildman–Crippen MR) is 100.0 cm³/mol. The number of carbonyl (C=O) groups excluding carboxylic acids is 3. The van der Waals surface area contributed by atoms with E-state index >= 15 is 0 Å². The first-order valence-corrected chi connectivity index (χ1v) is 8.62. The van der Waals surface area contributed by atoms with E-state index in [1.54, 1.807) is 26.0 Å². The SMILES string of the molecule is CC(=O)c1c(C)[nH]c(C(=O)NCCC(=O)Nc2ccc(Br)cc2)c1C. The largest absolute Gasteiger partial charge is 0.354 e. The molecule has 132 valence electrons. The van der Waals surface area contributed by atoms with Gasteiger partial charge < -0.3 is 15.6 Å².